The van der Waals surface area contributed by atoms with E-state index in [1.54, 1.807) is 0 Å². The lowest BCUT2D eigenvalue weighted by Gasteiger charge is -2.17. The molecule has 21 heavy (non-hydrogen) atoms. The van der Waals surface area contributed by atoms with Crippen LogP contribution in [0.15, 0.2) is 22.0 Å². The van der Waals surface area contributed by atoms with Crippen molar-refractivity contribution in [3.05, 3.63) is 38.3 Å². The van der Waals surface area contributed by atoms with Gasteiger partial charge in [-0.2, -0.15) is 5.10 Å². The molecule has 1 unspecified atom stereocenters. The predicted molar refractivity (Wildman–Crippen MR) is 94.0 cm³/mol. The highest BCUT2D eigenvalue weighted by molar-refractivity contribution is 9.11. The van der Waals surface area contributed by atoms with E-state index in [-0.39, 0.29) is 0 Å². The Morgan fingerprint density at radius 1 is 1.33 bits per heavy atom. The van der Waals surface area contributed by atoms with E-state index in [2.05, 4.69) is 70.0 Å². The Kier molecular flexibility index (Phi) is 6.45. The zero-order chi connectivity index (χ0) is 15.2. The molecule has 2 rings (SSSR count). The van der Waals surface area contributed by atoms with Gasteiger partial charge in [0.05, 0.1) is 9.48 Å². The summed E-state index contributed by atoms with van der Waals surface area (Å²) in [6, 6.07) is 6.98. The minimum absolute atomic E-state index is 0.368. The van der Waals surface area contributed by atoms with Gasteiger partial charge in [0.25, 0.3) is 0 Å². The maximum atomic E-state index is 4.66. The van der Waals surface area contributed by atoms with Crippen molar-refractivity contribution in [1.82, 2.24) is 15.1 Å². The molecule has 2 heterocycles. The molecule has 0 saturated carbocycles. The number of rotatable bonds is 8. The number of aryl methyl sites for hydroxylation is 2. The van der Waals surface area contributed by atoms with Gasteiger partial charge in [-0.1, -0.05) is 13.8 Å². The molecule has 0 aliphatic heterocycles. The Hall–Kier alpha value is -0.650. The Balaban J connectivity index is 2.19. The van der Waals surface area contributed by atoms with Crippen LogP contribution in [0.5, 0.6) is 0 Å². The molecular weight excluding hydrogens is 346 g/mol. The second-order valence-electron chi connectivity index (χ2n) is 5.15. The second kappa shape index (κ2) is 8.11. The van der Waals surface area contributed by atoms with E-state index in [9.17, 15) is 0 Å². The van der Waals surface area contributed by atoms with Crippen LogP contribution in [0.2, 0.25) is 0 Å². The van der Waals surface area contributed by atoms with E-state index in [1.807, 2.05) is 11.3 Å². The fourth-order valence-corrected chi connectivity index (χ4v) is 3.94. The van der Waals surface area contributed by atoms with Crippen molar-refractivity contribution in [3.63, 3.8) is 0 Å². The molecule has 0 saturated heterocycles. The van der Waals surface area contributed by atoms with Crippen molar-refractivity contribution >= 4 is 27.3 Å². The van der Waals surface area contributed by atoms with Gasteiger partial charge in [0.1, 0.15) is 0 Å². The van der Waals surface area contributed by atoms with Gasteiger partial charge >= 0.3 is 0 Å². The fourth-order valence-electron chi connectivity index (χ4n) is 2.44. The van der Waals surface area contributed by atoms with Gasteiger partial charge in [0.2, 0.25) is 0 Å². The summed E-state index contributed by atoms with van der Waals surface area (Å²) in [7, 11) is 0. The van der Waals surface area contributed by atoms with Crippen LogP contribution < -0.4 is 5.32 Å². The first-order chi connectivity index (χ1) is 10.2. The van der Waals surface area contributed by atoms with Crippen LogP contribution in [-0.2, 0) is 19.4 Å². The standard InChI is InChI=1S/C16H24BrN3S/c1-4-9-18-14(15-7-8-16(17)21-15)11-13-10-12(5-2)19-20(13)6-3/h7-8,10,14,18H,4-6,9,11H2,1-3H3. The van der Waals surface area contributed by atoms with Crippen molar-refractivity contribution in [2.24, 2.45) is 0 Å². The lowest BCUT2D eigenvalue weighted by atomic mass is 10.1. The number of nitrogens with zero attached hydrogens (tertiary/aromatic N) is 2. The first-order valence-corrected chi connectivity index (χ1v) is 9.33. The molecule has 2 aromatic rings. The van der Waals surface area contributed by atoms with Crippen molar-refractivity contribution in [3.8, 4) is 0 Å². The van der Waals surface area contributed by atoms with Gasteiger partial charge < -0.3 is 5.32 Å². The van der Waals surface area contributed by atoms with Crippen molar-refractivity contribution in [2.45, 2.75) is 52.6 Å². The minimum atomic E-state index is 0.368. The van der Waals surface area contributed by atoms with Gasteiger partial charge in [0, 0.05) is 29.6 Å². The third-order valence-electron chi connectivity index (χ3n) is 3.57. The van der Waals surface area contributed by atoms with Gasteiger partial charge in [-0.05, 0) is 60.4 Å². The number of hydrogen-bond donors (Lipinski definition) is 1. The SMILES string of the molecule is CCCNC(Cc1cc(CC)nn1CC)c1ccc(Br)s1. The summed E-state index contributed by atoms with van der Waals surface area (Å²) in [5.74, 6) is 0. The van der Waals surface area contributed by atoms with E-state index in [0.717, 1.165) is 32.4 Å². The summed E-state index contributed by atoms with van der Waals surface area (Å²) in [6.45, 7) is 8.51. The Bertz CT molecular complexity index is 562. The van der Waals surface area contributed by atoms with Gasteiger partial charge in [-0.15, -0.1) is 11.3 Å². The molecule has 0 bridgehead atoms. The lowest BCUT2D eigenvalue weighted by molar-refractivity contribution is 0.508. The molecule has 0 aromatic carbocycles. The van der Waals surface area contributed by atoms with Gasteiger partial charge in [-0.3, -0.25) is 4.68 Å². The molecule has 1 atom stereocenters. The summed E-state index contributed by atoms with van der Waals surface area (Å²) in [5.41, 5.74) is 2.51. The normalized spacial score (nSPS) is 12.8. The first-order valence-electron chi connectivity index (χ1n) is 7.72. The molecule has 0 amide bonds. The molecule has 2 aromatic heterocycles. The Morgan fingerprint density at radius 2 is 2.14 bits per heavy atom. The number of hydrogen-bond acceptors (Lipinski definition) is 3. The highest BCUT2D eigenvalue weighted by Crippen LogP contribution is 2.29. The van der Waals surface area contributed by atoms with Crippen molar-refractivity contribution in [1.29, 1.82) is 0 Å². The third kappa shape index (κ3) is 4.41. The van der Waals surface area contributed by atoms with E-state index < -0.39 is 0 Å². The van der Waals surface area contributed by atoms with Crippen LogP contribution in [0.25, 0.3) is 0 Å². The van der Waals surface area contributed by atoms with Crippen LogP contribution >= 0.6 is 27.3 Å². The van der Waals surface area contributed by atoms with Crippen LogP contribution in [0, 0.1) is 0 Å². The highest BCUT2D eigenvalue weighted by atomic mass is 79.9. The summed E-state index contributed by atoms with van der Waals surface area (Å²) < 4.78 is 3.33. The average molecular weight is 370 g/mol. The number of nitrogens with one attached hydrogen (secondary N) is 1. The van der Waals surface area contributed by atoms with E-state index in [1.165, 1.54) is 20.1 Å². The molecule has 116 valence electrons. The average Bonchev–Trinajstić information content (AvgIpc) is 3.09. The zero-order valence-electron chi connectivity index (χ0n) is 13.0. The first kappa shape index (κ1) is 16.7. The topological polar surface area (TPSA) is 29.9 Å². The van der Waals surface area contributed by atoms with Crippen molar-refractivity contribution in [2.75, 3.05) is 6.54 Å². The minimum Gasteiger partial charge on any atom is -0.309 e. The van der Waals surface area contributed by atoms with E-state index in [0.29, 0.717) is 6.04 Å². The molecule has 0 aliphatic carbocycles. The lowest BCUT2D eigenvalue weighted by Crippen LogP contribution is -2.24. The summed E-state index contributed by atoms with van der Waals surface area (Å²) in [6.07, 6.45) is 3.14. The smallest absolute Gasteiger partial charge is 0.0701 e. The number of aromatic nitrogens is 2. The maximum Gasteiger partial charge on any atom is 0.0701 e. The zero-order valence-corrected chi connectivity index (χ0v) is 15.4. The van der Waals surface area contributed by atoms with Crippen LogP contribution in [0.1, 0.15) is 49.5 Å². The third-order valence-corrected chi connectivity index (χ3v) is 5.30. The number of thiophene rings is 1. The molecule has 1 N–H and O–H groups in total. The maximum absolute atomic E-state index is 4.66. The summed E-state index contributed by atoms with van der Waals surface area (Å²) in [4.78, 5) is 1.39. The quantitative estimate of drug-likeness (QED) is 0.738. The summed E-state index contributed by atoms with van der Waals surface area (Å²) >= 11 is 5.39. The van der Waals surface area contributed by atoms with E-state index >= 15 is 0 Å². The molecule has 0 aliphatic rings. The van der Waals surface area contributed by atoms with Crippen LogP contribution in [0.4, 0.5) is 0 Å². The molecule has 0 fully saturated rings. The molecule has 5 heteroatoms. The van der Waals surface area contributed by atoms with E-state index in [4.69, 9.17) is 0 Å². The predicted octanol–water partition coefficient (Wildman–Crippen LogP) is 4.57. The highest BCUT2D eigenvalue weighted by Gasteiger charge is 2.17. The monoisotopic (exact) mass is 369 g/mol. The van der Waals surface area contributed by atoms with Gasteiger partial charge in [0.15, 0.2) is 0 Å². The van der Waals surface area contributed by atoms with Crippen LogP contribution in [-0.4, -0.2) is 16.3 Å². The Morgan fingerprint density at radius 3 is 2.71 bits per heavy atom. The molecule has 0 spiro atoms. The largest absolute Gasteiger partial charge is 0.309 e. The second-order valence-corrected chi connectivity index (χ2v) is 7.64. The van der Waals surface area contributed by atoms with Crippen LogP contribution in [0.3, 0.4) is 0 Å². The summed E-state index contributed by atoms with van der Waals surface area (Å²) in [5, 5.41) is 8.34. The molecule has 3 nitrogen and oxygen atoms in total. The Labute approximate surface area is 139 Å². The van der Waals surface area contributed by atoms with Crippen molar-refractivity contribution < 1.29 is 0 Å². The molecular formula is C16H24BrN3S. The fraction of sp³-hybridized carbons (Fsp3) is 0.562. The number of halogens is 1. The molecule has 0 radical (unpaired) electrons. The van der Waals surface area contributed by atoms with Gasteiger partial charge in [-0.25, -0.2) is 0 Å².